The van der Waals surface area contributed by atoms with E-state index in [0.29, 0.717) is 6.42 Å². The Kier molecular flexibility index (Phi) is 10.6. The zero-order valence-electron chi connectivity index (χ0n) is 9.78. The van der Waals surface area contributed by atoms with Gasteiger partial charge in [-0.1, -0.05) is 51.2 Å². The summed E-state index contributed by atoms with van der Waals surface area (Å²) in [7, 11) is 0. The molecule has 0 unspecified atom stereocenters. The van der Waals surface area contributed by atoms with Crippen LogP contribution in [0.15, 0.2) is 12.2 Å². The van der Waals surface area contributed by atoms with Crippen molar-refractivity contribution >= 4 is 0 Å². The van der Waals surface area contributed by atoms with Gasteiger partial charge in [0.1, 0.15) is 0 Å². The van der Waals surface area contributed by atoms with Gasteiger partial charge in [-0.2, -0.15) is 0 Å². The zero-order chi connectivity index (χ0) is 11.4. The van der Waals surface area contributed by atoms with Gasteiger partial charge in [0.15, 0.2) is 0 Å². The Hall–Kier alpha value is -0.860. The second-order valence-electron chi connectivity index (χ2n) is 3.87. The van der Waals surface area contributed by atoms with E-state index in [1.54, 1.807) is 0 Å². The third-order valence-electron chi connectivity index (χ3n) is 2.37. The van der Waals surface area contributed by atoms with Crippen LogP contribution in [0.5, 0.6) is 0 Å². The van der Waals surface area contributed by atoms with Gasteiger partial charge in [0.05, 0.1) is 0 Å². The molecule has 3 nitrogen and oxygen atoms in total. The van der Waals surface area contributed by atoms with E-state index in [-0.39, 0.29) is 11.5 Å². The highest BCUT2D eigenvalue weighted by Crippen LogP contribution is 2.07. The van der Waals surface area contributed by atoms with Gasteiger partial charge in [-0.25, -0.2) is 0 Å². The number of allylic oxidation sites excluding steroid dienone is 1. The van der Waals surface area contributed by atoms with E-state index in [0.717, 1.165) is 6.42 Å². The van der Waals surface area contributed by atoms with E-state index < -0.39 is 0 Å². The minimum Gasteiger partial charge on any atom is -0.265 e. The Morgan fingerprint density at radius 2 is 1.60 bits per heavy atom. The first-order valence-electron chi connectivity index (χ1n) is 6.04. The fourth-order valence-corrected chi connectivity index (χ4v) is 1.46. The molecule has 0 heterocycles. The molecule has 0 bridgehead atoms. The topological polar surface area (TPSA) is 43.1 Å². The average molecular weight is 213 g/mol. The van der Waals surface area contributed by atoms with Crippen LogP contribution in [0.1, 0.15) is 58.3 Å². The number of nitrogens with zero attached hydrogens (tertiary/aromatic N) is 1. The molecule has 0 aliphatic heterocycles. The van der Waals surface area contributed by atoms with Crippen molar-refractivity contribution in [3.63, 3.8) is 0 Å². The maximum absolute atomic E-state index is 10.0. The SMILES string of the molecule is CCCCCCCC/C=C/CC[N+](=O)[O-]. The molecular formula is C12H23NO2. The summed E-state index contributed by atoms with van der Waals surface area (Å²) in [5, 5.41) is 10.0. The smallest absolute Gasteiger partial charge is 0.207 e. The van der Waals surface area contributed by atoms with Crippen molar-refractivity contribution in [3.05, 3.63) is 22.3 Å². The van der Waals surface area contributed by atoms with Crippen LogP contribution in [0.3, 0.4) is 0 Å². The quantitative estimate of drug-likeness (QED) is 0.238. The van der Waals surface area contributed by atoms with Crippen LogP contribution >= 0.6 is 0 Å². The van der Waals surface area contributed by atoms with Gasteiger partial charge in [0, 0.05) is 11.3 Å². The average Bonchev–Trinajstić information content (AvgIpc) is 2.20. The van der Waals surface area contributed by atoms with Gasteiger partial charge in [-0.3, -0.25) is 10.1 Å². The first-order valence-corrected chi connectivity index (χ1v) is 6.04. The van der Waals surface area contributed by atoms with Gasteiger partial charge in [-0.15, -0.1) is 0 Å². The molecule has 15 heavy (non-hydrogen) atoms. The minimum absolute atomic E-state index is 0.0625. The summed E-state index contributed by atoms with van der Waals surface area (Å²) in [6.45, 7) is 2.28. The molecule has 0 aromatic carbocycles. The Morgan fingerprint density at radius 3 is 2.27 bits per heavy atom. The standard InChI is InChI=1S/C12H23NO2/c1-2-3-4-5-6-7-8-9-10-11-12-13(14)15/h9-10H,2-8,11-12H2,1H3/b10-9+. The summed E-state index contributed by atoms with van der Waals surface area (Å²) in [6.07, 6.45) is 13.5. The van der Waals surface area contributed by atoms with Gasteiger partial charge < -0.3 is 0 Å². The van der Waals surface area contributed by atoms with E-state index in [1.165, 1.54) is 38.5 Å². The Labute approximate surface area is 92.7 Å². The highest BCUT2D eigenvalue weighted by atomic mass is 16.6. The molecule has 0 aliphatic rings. The van der Waals surface area contributed by atoms with Gasteiger partial charge in [0.25, 0.3) is 0 Å². The Balaban J connectivity index is 3.06. The van der Waals surface area contributed by atoms with E-state index in [1.807, 2.05) is 6.08 Å². The largest absolute Gasteiger partial charge is 0.265 e. The molecule has 0 spiro atoms. The summed E-state index contributed by atoms with van der Waals surface area (Å²) < 4.78 is 0. The van der Waals surface area contributed by atoms with Crippen molar-refractivity contribution in [3.8, 4) is 0 Å². The molecule has 0 radical (unpaired) electrons. The van der Waals surface area contributed by atoms with Crippen molar-refractivity contribution in [2.24, 2.45) is 0 Å². The van der Waals surface area contributed by atoms with Crippen LogP contribution in [0, 0.1) is 10.1 Å². The van der Waals surface area contributed by atoms with Crippen LogP contribution in [0.2, 0.25) is 0 Å². The van der Waals surface area contributed by atoms with Crippen molar-refractivity contribution < 1.29 is 4.92 Å². The van der Waals surface area contributed by atoms with Crippen molar-refractivity contribution in [1.29, 1.82) is 0 Å². The Morgan fingerprint density at radius 1 is 1.00 bits per heavy atom. The normalized spacial score (nSPS) is 11.0. The third-order valence-corrected chi connectivity index (χ3v) is 2.37. The summed E-state index contributed by atoms with van der Waals surface area (Å²) >= 11 is 0. The highest BCUT2D eigenvalue weighted by Gasteiger charge is 1.91. The molecule has 0 saturated carbocycles. The lowest BCUT2D eigenvalue weighted by molar-refractivity contribution is -0.478. The molecular weight excluding hydrogens is 190 g/mol. The van der Waals surface area contributed by atoms with Crippen LogP contribution in [0.4, 0.5) is 0 Å². The highest BCUT2D eigenvalue weighted by molar-refractivity contribution is 4.80. The van der Waals surface area contributed by atoms with Crippen LogP contribution < -0.4 is 0 Å². The fourth-order valence-electron chi connectivity index (χ4n) is 1.46. The van der Waals surface area contributed by atoms with E-state index in [9.17, 15) is 10.1 Å². The van der Waals surface area contributed by atoms with Gasteiger partial charge in [-0.05, 0) is 12.8 Å². The first kappa shape index (κ1) is 14.1. The zero-order valence-corrected chi connectivity index (χ0v) is 9.78. The number of rotatable bonds is 10. The third kappa shape index (κ3) is 13.1. The maximum Gasteiger partial charge on any atom is 0.207 e. The van der Waals surface area contributed by atoms with Crippen LogP contribution in [-0.2, 0) is 0 Å². The second kappa shape index (κ2) is 11.2. The molecule has 0 fully saturated rings. The number of nitro groups is 1. The Bertz CT molecular complexity index is 178. The second-order valence-corrected chi connectivity index (χ2v) is 3.87. The van der Waals surface area contributed by atoms with E-state index in [4.69, 9.17) is 0 Å². The van der Waals surface area contributed by atoms with Crippen LogP contribution in [0.25, 0.3) is 0 Å². The van der Waals surface area contributed by atoms with Crippen molar-refractivity contribution in [1.82, 2.24) is 0 Å². The molecule has 88 valence electrons. The number of unbranched alkanes of at least 4 members (excludes halogenated alkanes) is 6. The van der Waals surface area contributed by atoms with Gasteiger partial charge >= 0.3 is 0 Å². The van der Waals surface area contributed by atoms with Crippen molar-refractivity contribution in [2.75, 3.05) is 6.54 Å². The molecule has 0 aromatic rings. The molecule has 0 amide bonds. The number of hydrogen-bond acceptors (Lipinski definition) is 2. The summed E-state index contributed by atoms with van der Waals surface area (Å²) in [6, 6.07) is 0. The van der Waals surface area contributed by atoms with Gasteiger partial charge in [0.2, 0.25) is 6.54 Å². The van der Waals surface area contributed by atoms with E-state index in [2.05, 4.69) is 13.0 Å². The monoisotopic (exact) mass is 213 g/mol. The van der Waals surface area contributed by atoms with Crippen molar-refractivity contribution in [2.45, 2.75) is 58.3 Å². The molecule has 0 atom stereocenters. The molecule has 0 aliphatic carbocycles. The lowest BCUT2D eigenvalue weighted by atomic mass is 10.1. The lowest BCUT2D eigenvalue weighted by Crippen LogP contribution is -1.97. The minimum atomic E-state index is -0.269. The first-order chi connectivity index (χ1) is 7.27. The number of hydrogen-bond donors (Lipinski definition) is 0. The fraction of sp³-hybridized carbons (Fsp3) is 0.833. The van der Waals surface area contributed by atoms with E-state index >= 15 is 0 Å². The predicted octanol–water partition coefficient (Wildman–Crippen LogP) is 3.96. The predicted molar refractivity (Wildman–Crippen MR) is 63.6 cm³/mol. The summed E-state index contributed by atoms with van der Waals surface area (Å²) in [5.74, 6) is 0. The van der Waals surface area contributed by atoms with Crippen LogP contribution in [-0.4, -0.2) is 11.5 Å². The molecule has 0 N–H and O–H groups in total. The molecule has 0 rings (SSSR count). The maximum atomic E-state index is 10.0. The lowest BCUT2D eigenvalue weighted by Gasteiger charge is -1.97. The molecule has 3 heteroatoms. The molecule has 0 aromatic heterocycles. The molecule has 0 saturated heterocycles. The summed E-state index contributed by atoms with van der Waals surface area (Å²) in [5.41, 5.74) is 0. The summed E-state index contributed by atoms with van der Waals surface area (Å²) in [4.78, 5) is 9.74.